The molecule has 0 saturated heterocycles. The standard InChI is InChI=1S/C17H23NO3/c1-13(2)12-16(19)18-15(17(20)21-3)11-7-10-14-8-5-4-6-9-14/h4-10,13,15H,11-12H2,1-3H3,(H,18,19)/b10-7+/t15-/m0/s1. The van der Waals surface area contributed by atoms with Crippen molar-refractivity contribution in [2.75, 3.05) is 7.11 Å². The molecule has 1 aromatic carbocycles. The van der Waals surface area contributed by atoms with Crippen molar-refractivity contribution in [3.8, 4) is 0 Å². The molecule has 0 heterocycles. The Hall–Kier alpha value is -2.10. The molecule has 1 amide bonds. The van der Waals surface area contributed by atoms with Gasteiger partial charge in [-0.25, -0.2) is 4.79 Å². The van der Waals surface area contributed by atoms with Gasteiger partial charge in [-0.1, -0.05) is 56.3 Å². The summed E-state index contributed by atoms with van der Waals surface area (Å²) >= 11 is 0. The Bertz CT molecular complexity index is 480. The second-order valence-corrected chi connectivity index (χ2v) is 5.29. The molecular formula is C17H23NO3. The molecule has 1 atom stereocenters. The van der Waals surface area contributed by atoms with E-state index in [1.165, 1.54) is 7.11 Å². The molecule has 0 fully saturated rings. The SMILES string of the molecule is COC(=O)[C@H](C/C=C/c1ccccc1)NC(=O)CC(C)C. The number of benzene rings is 1. The minimum absolute atomic E-state index is 0.131. The summed E-state index contributed by atoms with van der Waals surface area (Å²) in [4.78, 5) is 23.5. The van der Waals surface area contributed by atoms with Gasteiger partial charge in [-0.3, -0.25) is 4.79 Å². The fourth-order valence-electron chi connectivity index (χ4n) is 1.88. The molecular weight excluding hydrogens is 266 g/mol. The molecule has 0 unspecified atom stereocenters. The van der Waals surface area contributed by atoms with E-state index < -0.39 is 12.0 Å². The fourth-order valence-corrected chi connectivity index (χ4v) is 1.88. The number of carbonyl (C=O) groups excluding carboxylic acids is 2. The maximum absolute atomic E-state index is 11.8. The van der Waals surface area contributed by atoms with Crippen LogP contribution in [0.5, 0.6) is 0 Å². The van der Waals surface area contributed by atoms with Crippen molar-refractivity contribution >= 4 is 18.0 Å². The van der Waals surface area contributed by atoms with E-state index in [4.69, 9.17) is 4.74 Å². The Morgan fingerprint density at radius 3 is 2.48 bits per heavy atom. The highest BCUT2D eigenvalue weighted by molar-refractivity contribution is 5.84. The van der Waals surface area contributed by atoms with Crippen molar-refractivity contribution in [3.63, 3.8) is 0 Å². The molecule has 0 radical (unpaired) electrons. The first kappa shape index (κ1) is 17.0. The van der Waals surface area contributed by atoms with Crippen LogP contribution in [-0.2, 0) is 14.3 Å². The minimum Gasteiger partial charge on any atom is -0.467 e. The van der Waals surface area contributed by atoms with Gasteiger partial charge in [0.15, 0.2) is 0 Å². The first-order chi connectivity index (χ1) is 10.0. The van der Waals surface area contributed by atoms with Crippen molar-refractivity contribution in [3.05, 3.63) is 42.0 Å². The lowest BCUT2D eigenvalue weighted by atomic mass is 10.1. The van der Waals surface area contributed by atoms with Gasteiger partial charge in [0.25, 0.3) is 0 Å². The smallest absolute Gasteiger partial charge is 0.328 e. The van der Waals surface area contributed by atoms with E-state index in [1.807, 2.05) is 56.3 Å². The molecule has 0 bridgehead atoms. The topological polar surface area (TPSA) is 55.4 Å². The van der Waals surface area contributed by atoms with Crippen molar-refractivity contribution in [2.45, 2.75) is 32.7 Å². The molecule has 0 aromatic heterocycles. The summed E-state index contributed by atoms with van der Waals surface area (Å²) in [6.07, 6.45) is 4.60. The Balaban J connectivity index is 2.60. The summed E-state index contributed by atoms with van der Waals surface area (Å²) in [5.74, 6) is -0.304. The molecule has 1 N–H and O–H groups in total. The van der Waals surface area contributed by atoms with Gasteiger partial charge in [0.05, 0.1) is 7.11 Å². The van der Waals surface area contributed by atoms with Crippen LogP contribution >= 0.6 is 0 Å². The number of hydrogen-bond acceptors (Lipinski definition) is 3. The van der Waals surface area contributed by atoms with Gasteiger partial charge in [0, 0.05) is 6.42 Å². The van der Waals surface area contributed by atoms with Crippen LogP contribution in [0.3, 0.4) is 0 Å². The number of esters is 1. The molecule has 114 valence electrons. The summed E-state index contributed by atoms with van der Waals surface area (Å²) in [6.45, 7) is 3.92. The van der Waals surface area contributed by atoms with Gasteiger partial charge in [-0.15, -0.1) is 0 Å². The zero-order chi connectivity index (χ0) is 15.7. The molecule has 4 heteroatoms. The van der Waals surface area contributed by atoms with Crippen molar-refractivity contribution in [2.24, 2.45) is 5.92 Å². The molecule has 1 aromatic rings. The van der Waals surface area contributed by atoms with Gasteiger partial charge in [-0.2, -0.15) is 0 Å². The lowest BCUT2D eigenvalue weighted by Gasteiger charge is -2.15. The monoisotopic (exact) mass is 289 g/mol. The zero-order valence-electron chi connectivity index (χ0n) is 12.8. The number of hydrogen-bond donors (Lipinski definition) is 1. The lowest BCUT2D eigenvalue weighted by Crippen LogP contribution is -2.41. The predicted octanol–water partition coefficient (Wildman–Crippen LogP) is 2.79. The Kier molecular flexibility index (Phi) is 7.23. The van der Waals surface area contributed by atoms with Gasteiger partial charge < -0.3 is 10.1 Å². The fraction of sp³-hybridized carbons (Fsp3) is 0.412. The van der Waals surface area contributed by atoms with Crippen LogP contribution in [0.25, 0.3) is 6.08 Å². The third kappa shape index (κ3) is 6.75. The third-order valence-electron chi connectivity index (χ3n) is 2.90. The molecule has 0 saturated carbocycles. The number of amides is 1. The van der Waals surface area contributed by atoms with Crippen LogP contribution in [0, 0.1) is 5.92 Å². The summed E-state index contributed by atoms with van der Waals surface area (Å²) in [5, 5.41) is 2.72. The lowest BCUT2D eigenvalue weighted by molar-refractivity contribution is -0.145. The number of nitrogens with one attached hydrogen (secondary N) is 1. The average Bonchev–Trinajstić information content (AvgIpc) is 2.45. The van der Waals surface area contributed by atoms with Crippen LogP contribution in [0.15, 0.2) is 36.4 Å². The van der Waals surface area contributed by atoms with Crippen LogP contribution in [0.1, 0.15) is 32.3 Å². The third-order valence-corrected chi connectivity index (χ3v) is 2.90. The van der Waals surface area contributed by atoms with Crippen molar-refractivity contribution < 1.29 is 14.3 Å². The molecule has 0 spiro atoms. The predicted molar refractivity (Wildman–Crippen MR) is 83.5 cm³/mol. The number of carbonyl (C=O) groups is 2. The van der Waals surface area contributed by atoms with Gasteiger partial charge >= 0.3 is 5.97 Å². The largest absolute Gasteiger partial charge is 0.467 e. The first-order valence-electron chi connectivity index (χ1n) is 7.11. The van der Waals surface area contributed by atoms with E-state index in [9.17, 15) is 9.59 Å². The Morgan fingerprint density at radius 2 is 1.90 bits per heavy atom. The summed E-state index contributed by atoms with van der Waals surface area (Å²) < 4.78 is 4.73. The zero-order valence-corrected chi connectivity index (χ0v) is 12.8. The van der Waals surface area contributed by atoms with E-state index >= 15 is 0 Å². The minimum atomic E-state index is -0.638. The van der Waals surface area contributed by atoms with Gasteiger partial charge in [0.2, 0.25) is 5.91 Å². The highest BCUT2D eigenvalue weighted by atomic mass is 16.5. The molecule has 4 nitrogen and oxygen atoms in total. The van der Waals surface area contributed by atoms with Crippen LogP contribution < -0.4 is 5.32 Å². The van der Waals surface area contributed by atoms with Crippen LogP contribution in [-0.4, -0.2) is 25.0 Å². The quantitative estimate of drug-likeness (QED) is 0.785. The second kappa shape index (κ2) is 8.95. The van der Waals surface area contributed by atoms with Crippen LogP contribution in [0.2, 0.25) is 0 Å². The molecule has 1 rings (SSSR count). The molecule has 0 aliphatic carbocycles. The van der Waals surface area contributed by atoms with Crippen molar-refractivity contribution in [1.29, 1.82) is 0 Å². The van der Waals surface area contributed by atoms with Gasteiger partial charge in [-0.05, 0) is 17.9 Å². The first-order valence-corrected chi connectivity index (χ1v) is 7.11. The highest BCUT2D eigenvalue weighted by Crippen LogP contribution is 2.06. The van der Waals surface area contributed by atoms with Crippen molar-refractivity contribution in [1.82, 2.24) is 5.32 Å². The number of ether oxygens (including phenoxy) is 1. The van der Waals surface area contributed by atoms with E-state index in [0.717, 1.165) is 5.56 Å². The molecule has 0 aliphatic rings. The molecule has 21 heavy (non-hydrogen) atoms. The normalized spacial score (nSPS) is 12.4. The Morgan fingerprint density at radius 1 is 1.24 bits per heavy atom. The number of rotatable bonds is 7. The van der Waals surface area contributed by atoms with E-state index in [1.54, 1.807) is 0 Å². The average molecular weight is 289 g/mol. The van der Waals surface area contributed by atoms with E-state index in [2.05, 4.69) is 5.32 Å². The van der Waals surface area contributed by atoms with Gasteiger partial charge in [0.1, 0.15) is 6.04 Å². The van der Waals surface area contributed by atoms with E-state index in [-0.39, 0.29) is 11.8 Å². The Labute approximate surface area is 126 Å². The molecule has 0 aliphatic heterocycles. The summed E-state index contributed by atoms with van der Waals surface area (Å²) in [5.41, 5.74) is 1.05. The maximum Gasteiger partial charge on any atom is 0.328 e. The maximum atomic E-state index is 11.8. The van der Waals surface area contributed by atoms with E-state index in [0.29, 0.717) is 12.8 Å². The number of methoxy groups -OCH3 is 1. The second-order valence-electron chi connectivity index (χ2n) is 5.29. The highest BCUT2D eigenvalue weighted by Gasteiger charge is 2.20. The summed E-state index contributed by atoms with van der Waals surface area (Å²) in [7, 11) is 1.32. The van der Waals surface area contributed by atoms with Crippen LogP contribution in [0.4, 0.5) is 0 Å². The summed E-state index contributed by atoms with van der Waals surface area (Å²) in [6, 6.07) is 9.15.